The zero-order valence-electron chi connectivity index (χ0n) is 10.6. The predicted octanol–water partition coefficient (Wildman–Crippen LogP) is 1.46. The third-order valence-corrected chi connectivity index (χ3v) is 2.81. The molecule has 0 radical (unpaired) electrons. The first-order valence-electron chi connectivity index (χ1n) is 6.16. The van der Waals surface area contributed by atoms with Gasteiger partial charge in [0.15, 0.2) is 19.5 Å². The van der Waals surface area contributed by atoms with Crippen molar-refractivity contribution in [3.8, 4) is 22.8 Å². The average Bonchev–Trinajstić information content (AvgIpc) is 2.48. The molecule has 1 aromatic heterocycles. The van der Waals surface area contributed by atoms with Crippen LogP contribution in [0, 0.1) is 0 Å². The van der Waals surface area contributed by atoms with Gasteiger partial charge in [-0.3, -0.25) is 0 Å². The van der Waals surface area contributed by atoms with E-state index in [4.69, 9.17) is 0 Å². The Morgan fingerprint density at radius 2 is 1.00 bits per heavy atom. The first-order chi connectivity index (χ1) is 9.33. The van der Waals surface area contributed by atoms with Crippen LogP contribution in [0.1, 0.15) is 0 Å². The maximum absolute atomic E-state index is 4.55. The Bertz CT molecular complexity index is 627. The molecule has 0 aliphatic heterocycles. The van der Waals surface area contributed by atoms with Crippen LogP contribution >= 0.6 is 0 Å². The van der Waals surface area contributed by atoms with Crippen LogP contribution in [0.4, 0.5) is 0 Å². The molecule has 0 unspecified atom stereocenters. The van der Waals surface area contributed by atoms with Crippen LogP contribution in [0.2, 0.25) is 0 Å². The molecule has 1 heterocycles. The van der Waals surface area contributed by atoms with Crippen molar-refractivity contribution in [2.24, 2.45) is 0 Å². The van der Waals surface area contributed by atoms with Crippen LogP contribution in [0.25, 0.3) is 22.8 Å². The topological polar surface area (TPSA) is 38.7 Å². The van der Waals surface area contributed by atoms with Crippen molar-refractivity contribution in [3.05, 3.63) is 60.7 Å². The molecule has 0 bridgehead atoms. The molecule has 0 spiro atoms. The summed E-state index contributed by atoms with van der Waals surface area (Å²) in [6.45, 7) is 0. The third-order valence-electron chi connectivity index (χ3n) is 2.81. The molecule has 0 saturated heterocycles. The molecular weight excluding hydrogens is 233 g/mol. The van der Waals surface area contributed by atoms with Crippen molar-refractivity contribution in [2.45, 2.75) is 0 Å². The Labute approximate surface area is 112 Å². The molecule has 0 aliphatic carbocycles. The number of aromatic nitrogens is 3. The van der Waals surface area contributed by atoms with E-state index in [1.54, 1.807) is 0 Å². The summed E-state index contributed by atoms with van der Waals surface area (Å²) in [5.41, 5.74) is 2.74. The Morgan fingerprint density at radius 3 is 1.42 bits per heavy atom. The Kier molecular flexibility index (Phi) is 3.06. The predicted molar refractivity (Wildman–Crippen MR) is 78.9 cm³/mol. The molecule has 0 saturated carbocycles. The standard InChI is InChI=1S/C15H12BN3/c16-15-18-13(11-7-3-1-4-8-11)17-14(19-15)12-9-5-2-6-10-12/h1-10H,16H2. The third kappa shape index (κ3) is 2.52. The molecule has 2 aromatic carbocycles. The second-order valence-electron chi connectivity index (χ2n) is 4.26. The summed E-state index contributed by atoms with van der Waals surface area (Å²) in [6, 6.07) is 19.9. The lowest BCUT2D eigenvalue weighted by Gasteiger charge is -2.05. The van der Waals surface area contributed by atoms with E-state index in [1.807, 2.05) is 68.5 Å². The number of hydrogen-bond acceptors (Lipinski definition) is 3. The van der Waals surface area contributed by atoms with E-state index in [9.17, 15) is 0 Å². The van der Waals surface area contributed by atoms with Crippen molar-refractivity contribution >= 4 is 13.6 Å². The fourth-order valence-electron chi connectivity index (χ4n) is 1.91. The highest BCUT2D eigenvalue weighted by Gasteiger charge is 2.07. The van der Waals surface area contributed by atoms with Gasteiger partial charge in [-0.15, -0.1) is 0 Å². The maximum atomic E-state index is 4.55. The zero-order valence-corrected chi connectivity index (χ0v) is 10.6. The van der Waals surface area contributed by atoms with Crippen molar-refractivity contribution < 1.29 is 0 Å². The van der Waals surface area contributed by atoms with Crippen LogP contribution in [0.3, 0.4) is 0 Å². The summed E-state index contributed by atoms with van der Waals surface area (Å²) in [5, 5.41) is 0. The quantitative estimate of drug-likeness (QED) is 0.641. The van der Waals surface area contributed by atoms with Crippen molar-refractivity contribution in [3.63, 3.8) is 0 Å². The number of benzene rings is 2. The van der Waals surface area contributed by atoms with Gasteiger partial charge < -0.3 is 0 Å². The Morgan fingerprint density at radius 1 is 0.579 bits per heavy atom. The molecule has 3 rings (SSSR count). The minimum Gasteiger partial charge on any atom is -0.225 e. The molecule has 0 aliphatic rings. The van der Waals surface area contributed by atoms with Crippen LogP contribution in [-0.2, 0) is 0 Å². The maximum Gasteiger partial charge on any atom is 0.189 e. The lowest BCUT2D eigenvalue weighted by atomic mass is 10.1. The fourth-order valence-corrected chi connectivity index (χ4v) is 1.91. The van der Waals surface area contributed by atoms with Crippen LogP contribution in [0.15, 0.2) is 60.7 Å². The SMILES string of the molecule is Bc1nc(-c2ccccc2)nc(-c2ccccc2)n1. The Hall–Kier alpha value is -2.49. The highest BCUT2D eigenvalue weighted by atomic mass is 15.0. The summed E-state index contributed by atoms with van der Waals surface area (Å²) in [5.74, 6) is 1.43. The van der Waals surface area contributed by atoms with E-state index in [2.05, 4.69) is 15.0 Å². The van der Waals surface area contributed by atoms with Gasteiger partial charge in [0.1, 0.15) is 0 Å². The van der Waals surface area contributed by atoms with E-state index in [0.717, 1.165) is 16.9 Å². The van der Waals surface area contributed by atoms with Crippen molar-refractivity contribution in [2.75, 3.05) is 0 Å². The minimum atomic E-state index is 0.715. The van der Waals surface area contributed by atoms with Crippen LogP contribution in [-0.4, -0.2) is 22.8 Å². The van der Waals surface area contributed by atoms with Gasteiger partial charge in [-0.2, -0.15) is 0 Å². The van der Waals surface area contributed by atoms with E-state index in [0.29, 0.717) is 11.6 Å². The van der Waals surface area contributed by atoms with Gasteiger partial charge in [-0.25, -0.2) is 15.0 Å². The molecule has 0 fully saturated rings. The largest absolute Gasteiger partial charge is 0.225 e. The minimum absolute atomic E-state index is 0.715. The van der Waals surface area contributed by atoms with Gasteiger partial charge in [0.2, 0.25) is 0 Å². The first kappa shape index (κ1) is 11.6. The van der Waals surface area contributed by atoms with Gasteiger partial charge >= 0.3 is 0 Å². The lowest BCUT2D eigenvalue weighted by Crippen LogP contribution is -2.16. The molecule has 0 atom stereocenters. The number of rotatable bonds is 2. The molecule has 0 N–H and O–H groups in total. The highest BCUT2D eigenvalue weighted by Crippen LogP contribution is 2.17. The molecular formula is C15H12BN3. The van der Waals surface area contributed by atoms with E-state index < -0.39 is 0 Å². The summed E-state index contributed by atoms with van der Waals surface area (Å²) in [4.78, 5) is 13.4. The monoisotopic (exact) mass is 245 g/mol. The van der Waals surface area contributed by atoms with E-state index in [1.165, 1.54) is 0 Å². The molecule has 3 nitrogen and oxygen atoms in total. The van der Waals surface area contributed by atoms with Gasteiger partial charge in [-0.05, 0) is 0 Å². The van der Waals surface area contributed by atoms with Gasteiger partial charge in [-0.1, -0.05) is 60.7 Å². The van der Waals surface area contributed by atoms with E-state index in [-0.39, 0.29) is 0 Å². The summed E-state index contributed by atoms with van der Waals surface area (Å²) in [6.07, 6.45) is 0. The summed E-state index contributed by atoms with van der Waals surface area (Å²) < 4.78 is 0. The van der Waals surface area contributed by atoms with Crippen molar-refractivity contribution in [1.82, 2.24) is 15.0 Å². The van der Waals surface area contributed by atoms with Gasteiger partial charge in [0.25, 0.3) is 0 Å². The van der Waals surface area contributed by atoms with Gasteiger partial charge in [0.05, 0.1) is 5.72 Å². The highest BCUT2D eigenvalue weighted by molar-refractivity contribution is 6.29. The Balaban J connectivity index is 2.12. The summed E-state index contributed by atoms with van der Waals surface area (Å²) in [7, 11) is 1.89. The fraction of sp³-hybridized carbons (Fsp3) is 0. The summed E-state index contributed by atoms with van der Waals surface area (Å²) >= 11 is 0. The lowest BCUT2D eigenvalue weighted by molar-refractivity contribution is 1.11. The van der Waals surface area contributed by atoms with Crippen molar-refractivity contribution in [1.29, 1.82) is 0 Å². The van der Waals surface area contributed by atoms with Crippen LogP contribution < -0.4 is 5.72 Å². The smallest absolute Gasteiger partial charge is 0.189 e. The molecule has 3 aromatic rings. The molecule has 0 amide bonds. The normalized spacial score (nSPS) is 10.3. The van der Waals surface area contributed by atoms with E-state index >= 15 is 0 Å². The molecule has 4 heteroatoms. The molecule has 90 valence electrons. The first-order valence-corrected chi connectivity index (χ1v) is 6.16. The van der Waals surface area contributed by atoms with Crippen LogP contribution in [0.5, 0.6) is 0 Å². The second kappa shape index (κ2) is 5.02. The average molecular weight is 245 g/mol. The second-order valence-corrected chi connectivity index (χ2v) is 4.26. The number of nitrogens with zero attached hydrogens (tertiary/aromatic N) is 3. The van der Waals surface area contributed by atoms with Gasteiger partial charge in [0, 0.05) is 11.1 Å². The number of hydrogen-bond donors (Lipinski definition) is 0. The zero-order chi connectivity index (χ0) is 13.1. The molecule has 19 heavy (non-hydrogen) atoms.